The number of hydrogen-bond donors (Lipinski definition) is 1. The van der Waals surface area contributed by atoms with E-state index < -0.39 is 0 Å². The molecule has 2 aromatic carbocycles. The van der Waals surface area contributed by atoms with E-state index >= 15 is 0 Å². The summed E-state index contributed by atoms with van der Waals surface area (Å²) < 4.78 is 20.3. The minimum Gasteiger partial charge on any atom is -0.370 e. The maximum atomic E-state index is 14.1. The summed E-state index contributed by atoms with van der Waals surface area (Å²) in [7, 11) is 0. The van der Waals surface area contributed by atoms with E-state index in [1.54, 1.807) is 11.0 Å². The topological polar surface area (TPSA) is 46.9 Å². The van der Waals surface area contributed by atoms with Crippen molar-refractivity contribution in [2.24, 2.45) is 0 Å². The van der Waals surface area contributed by atoms with Crippen LogP contribution in [0.25, 0.3) is 10.2 Å². The van der Waals surface area contributed by atoms with Crippen molar-refractivity contribution in [2.75, 3.05) is 44.3 Å². The summed E-state index contributed by atoms with van der Waals surface area (Å²) in [4.78, 5) is 20.8. The summed E-state index contributed by atoms with van der Waals surface area (Å²) >= 11 is 1.37. The minimum absolute atomic E-state index is 0.00681. The highest BCUT2D eigenvalue weighted by molar-refractivity contribution is 7.22. The average molecular weight is 415 g/mol. The van der Waals surface area contributed by atoms with Gasteiger partial charge in [-0.2, -0.15) is 0 Å². The van der Waals surface area contributed by atoms with Gasteiger partial charge >= 0.3 is 0 Å². The number of quaternary nitrogens is 1. The Morgan fingerprint density at radius 3 is 2.69 bits per heavy atom. The first-order valence-electron chi connectivity index (χ1n) is 10.0. The number of anilines is 1. The van der Waals surface area contributed by atoms with E-state index in [1.807, 2.05) is 36.4 Å². The fourth-order valence-electron chi connectivity index (χ4n) is 3.61. The Kier molecular flexibility index (Phi) is 6.49. The van der Waals surface area contributed by atoms with Crippen LogP contribution in [0, 0.1) is 5.82 Å². The highest BCUT2D eigenvalue weighted by Crippen LogP contribution is 2.30. The fourth-order valence-corrected chi connectivity index (χ4v) is 4.63. The maximum Gasteiger partial charge on any atom is 0.233 e. The summed E-state index contributed by atoms with van der Waals surface area (Å²) in [5, 5.41) is 0.572. The van der Waals surface area contributed by atoms with Crippen LogP contribution in [0.3, 0.4) is 0 Å². The molecule has 0 radical (unpaired) electrons. The first kappa shape index (κ1) is 19.9. The van der Waals surface area contributed by atoms with Crippen molar-refractivity contribution >= 4 is 32.6 Å². The number of thiazole rings is 1. The molecule has 1 fully saturated rings. The largest absolute Gasteiger partial charge is 0.370 e. The monoisotopic (exact) mass is 414 g/mol. The van der Waals surface area contributed by atoms with Gasteiger partial charge in [0.2, 0.25) is 5.91 Å². The molecule has 1 aliphatic rings. The molecule has 0 saturated carbocycles. The Bertz CT molecular complexity index is 957. The quantitative estimate of drug-likeness (QED) is 0.646. The Labute approximate surface area is 173 Å². The molecule has 0 atom stereocenters. The number of aromatic nitrogens is 1. The van der Waals surface area contributed by atoms with Crippen molar-refractivity contribution in [3.63, 3.8) is 0 Å². The molecule has 2 heterocycles. The third kappa shape index (κ3) is 4.98. The summed E-state index contributed by atoms with van der Waals surface area (Å²) in [6.07, 6.45) is 1.18. The standard InChI is InChI=1S/C22H24FN3O2S/c23-18-8-4-9-19-21(18)24-22(29-19)26(11-5-10-25-12-14-28-15-13-25)20(27)16-17-6-2-1-3-7-17/h1-4,6-9H,5,10-16H2/p+1. The van der Waals surface area contributed by atoms with Crippen molar-refractivity contribution in [2.45, 2.75) is 12.8 Å². The van der Waals surface area contributed by atoms with Gasteiger partial charge in [0, 0.05) is 13.0 Å². The lowest BCUT2D eigenvalue weighted by Crippen LogP contribution is -3.14. The smallest absolute Gasteiger partial charge is 0.233 e. The van der Waals surface area contributed by atoms with E-state index in [1.165, 1.54) is 22.3 Å². The summed E-state index contributed by atoms with van der Waals surface area (Å²) in [6.45, 7) is 5.16. The molecule has 4 rings (SSSR count). The van der Waals surface area contributed by atoms with E-state index in [2.05, 4.69) is 4.98 Å². The number of carbonyl (C=O) groups is 1. The van der Waals surface area contributed by atoms with Crippen molar-refractivity contribution in [3.05, 3.63) is 59.9 Å². The molecule has 152 valence electrons. The molecule has 0 aliphatic carbocycles. The van der Waals surface area contributed by atoms with Gasteiger partial charge in [0.1, 0.15) is 24.4 Å². The zero-order valence-electron chi connectivity index (χ0n) is 16.3. The molecule has 1 N–H and O–H groups in total. The van der Waals surface area contributed by atoms with E-state index in [9.17, 15) is 9.18 Å². The number of ether oxygens (including phenoxy) is 1. The van der Waals surface area contributed by atoms with E-state index in [-0.39, 0.29) is 11.7 Å². The Balaban J connectivity index is 1.52. The lowest BCUT2D eigenvalue weighted by Gasteiger charge is -2.25. The van der Waals surface area contributed by atoms with Crippen LogP contribution in [0.2, 0.25) is 0 Å². The van der Waals surface area contributed by atoms with Crippen LogP contribution >= 0.6 is 11.3 Å². The van der Waals surface area contributed by atoms with Gasteiger partial charge in [-0.25, -0.2) is 9.37 Å². The van der Waals surface area contributed by atoms with Gasteiger partial charge in [-0.3, -0.25) is 9.69 Å². The first-order chi connectivity index (χ1) is 14.2. The number of halogens is 1. The molecule has 0 spiro atoms. The number of benzene rings is 2. The van der Waals surface area contributed by atoms with Gasteiger partial charge in [0.25, 0.3) is 0 Å². The minimum atomic E-state index is -0.349. The maximum absolute atomic E-state index is 14.1. The lowest BCUT2D eigenvalue weighted by atomic mass is 10.1. The van der Waals surface area contributed by atoms with Crippen LogP contribution in [0.15, 0.2) is 48.5 Å². The van der Waals surface area contributed by atoms with Crippen LogP contribution < -0.4 is 9.80 Å². The number of rotatable bonds is 7. The predicted octanol–water partition coefficient (Wildman–Crippen LogP) is 2.32. The third-order valence-corrected chi connectivity index (χ3v) is 6.24. The van der Waals surface area contributed by atoms with Crippen molar-refractivity contribution in [3.8, 4) is 0 Å². The van der Waals surface area contributed by atoms with Crippen molar-refractivity contribution in [1.29, 1.82) is 0 Å². The van der Waals surface area contributed by atoms with Gasteiger partial charge in [-0.1, -0.05) is 47.7 Å². The van der Waals surface area contributed by atoms with Crippen LogP contribution in [-0.4, -0.2) is 50.3 Å². The highest BCUT2D eigenvalue weighted by atomic mass is 32.1. The zero-order chi connectivity index (χ0) is 20.1. The number of hydrogen-bond acceptors (Lipinski definition) is 4. The predicted molar refractivity (Wildman–Crippen MR) is 113 cm³/mol. The van der Waals surface area contributed by atoms with Gasteiger partial charge in [-0.05, 0) is 17.7 Å². The summed E-state index contributed by atoms with van der Waals surface area (Å²) in [5.74, 6) is -0.356. The van der Waals surface area contributed by atoms with Crippen LogP contribution in [0.4, 0.5) is 9.52 Å². The van der Waals surface area contributed by atoms with E-state index in [0.29, 0.717) is 23.6 Å². The molecule has 1 saturated heterocycles. The van der Waals surface area contributed by atoms with E-state index in [0.717, 1.165) is 49.5 Å². The summed E-state index contributed by atoms with van der Waals surface area (Å²) in [5.41, 5.74) is 1.30. The molecule has 1 amide bonds. The SMILES string of the molecule is O=C(Cc1ccccc1)N(CCC[NH+]1CCOCC1)c1nc2c(F)cccc2s1. The molecular weight excluding hydrogens is 389 g/mol. The Morgan fingerprint density at radius 2 is 1.93 bits per heavy atom. The zero-order valence-corrected chi connectivity index (χ0v) is 17.1. The van der Waals surface area contributed by atoms with Crippen LogP contribution in [0.5, 0.6) is 0 Å². The first-order valence-corrected chi connectivity index (χ1v) is 10.8. The number of fused-ring (bicyclic) bond motifs is 1. The number of amides is 1. The number of morpholine rings is 1. The molecule has 1 aliphatic heterocycles. The normalized spacial score (nSPS) is 14.9. The second kappa shape index (κ2) is 9.43. The number of carbonyl (C=O) groups excluding carboxylic acids is 1. The second-order valence-electron chi connectivity index (χ2n) is 7.26. The van der Waals surface area contributed by atoms with E-state index in [4.69, 9.17) is 4.74 Å². The molecule has 0 unspecified atom stereocenters. The molecule has 1 aromatic heterocycles. The number of para-hydroxylation sites is 1. The Hall–Kier alpha value is -2.35. The Morgan fingerprint density at radius 1 is 1.14 bits per heavy atom. The molecule has 3 aromatic rings. The van der Waals surface area contributed by atoms with Crippen molar-refractivity contribution in [1.82, 2.24) is 4.98 Å². The van der Waals surface area contributed by atoms with Gasteiger partial charge in [-0.15, -0.1) is 0 Å². The average Bonchev–Trinajstić information content (AvgIpc) is 3.18. The van der Waals surface area contributed by atoms with Gasteiger partial charge in [0.15, 0.2) is 5.13 Å². The second-order valence-corrected chi connectivity index (χ2v) is 8.27. The molecule has 0 bridgehead atoms. The number of nitrogens with one attached hydrogen (secondary N) is 1. The van der Waals surface area contributed by atoms with Gasteiger partial charge in [0.05, 0.1) is 30.9 Å². The molecule has 29 heavy (non-hydrogen) atoms. The van der Waals surface area contributed by atoms with Crippen LogP contribution in [-0.2, 0) is 16.0 Å². The van der Waals surface area contributed by atoms with Gasteiger partial charge < -0.3 is 9.64 Å². The van der Waals surface area contributed by atoms with Crippen LogP contribution in [0.1, 0.15) is 12.0 Å². The highest BCUT2D eigenvalue weighted by Gasteiger charge is 2.22. The fraction of sp³-hybridized carbons (Fsp3) is 0.364. The molecular formula is C22H25FN3O2S+. The molecule has 7 heteroatoms. The summed E-state index contributed by atoms with van der Waals surface area (Å²) in [6, 6.07) is 14.6. The third-order valence-electron chi connectivity index (χ3n) is 5.20. The van der Waals surface area contributed by atoms with Crippen molar-refractivity contribution < 1.29 is 18.8 Å². The lowest BCUT2D eigenvalue weighted by molar-refractivity contribution is -0.908. The number of nitrogens with zero attached hydrogens (tertiary/aromatic N) is 2. The molecule has 5 nitrogen and oxygen atoms in total.